The van der Waals surface area contributed by atoms with Crippen molar-refractivity contribution in [2.45, 2.75) is 45.8 Å². The summed E-state index contributed by atoms with van der Waals surface area (Å²) in [6.07, 6.45) is 0. The summed E-state index contributed by atoms with van der Waals surface area (Å²) in [6.45, 7) is 8.55. The lowest BCUT2D eigenvalue weighted by atomic mass is 9.76. The van der Waals surface area contributed by atoms with Crippen LogP contribution in [0.3, 0.4) is 0 Å². The molecule has 100 valence electrons. The third-order valence-corrected chi connectivity index (χ3v) is 3.68. The van der Waals surface area contributed by atoms with Crippen molar-refractivity contribution in [3.8, 4) is 0 Å². The molecule has 0 bridgehead atoms. The van der Waals surface area contributed by atoms with Crippen molar-refractivity contribution < 1.29 is 14.8 Å². The second-order valence-corrected chi connectivity index (χ2v) is 6.16. The first-order valence-corrected chi connectivity index (χ1v) is 6.55. The van der Waals surface area contributed by atoms with Gasteiger partial charge in [-0.1, -0.05) is 6.07 Å². The quantitative estimate of drug-likeness (QED) is 0.651. The fourth-order valence-electron chi connectivity index (χ4n) is 1.29. The van der Waals surface area contributed by atoms with Gasteiger partial charge in [0.2, 0.25) is 0 Å². The van der Waals surface area contributed by atoms with E-state index in [0.717, 1.165) is 0 Å². The molecule has 0 radical (unpaired) electrons. The molecule has 0 spiro atoms. The van der Waals surface area contributed by atoms with Gasteiger partial charge in [0.15, 0.2) is 0 Å². The van der Waals surface area contributed by atoms with Crippen LogP contribution >= 0.6 is 15.9 Å². The van der Waals surface area contributed by atoms with Gasteiger partial charge in [-0.2, -0.15) is 0 Å². The fraction of sp³-hybridized carbons (Fsp3) is 0.583. The molecule has 6 heteroatoms. The Morgan fingerprint density at radius 2 is 1.83 bits per heavy atom. The Morgan fingerprint density at radius 1 is 1.28 bits per heavy atom. The second-order valence-electron chi connectivity index (χ2n) is 5.35. The number of aliphatic hydroxyl groups is 1. The Kier molecular flexibility index (Phi) is 4.59. The average Bonchev–Trinajstić information content (AvgIpc) is 2.14. The molecule has 0 aromatic carbocycles. The average molecular weight is 316 g/mol. The highest BCUT2D eigenvalue weighted by Crippen LogP contribution is 2.25. The van der Waals surface area contributed by atoms with E-state index < -0.39 is 18.3 Å². The lowest BCUT2D eigenvalue weighted by molar-refractivity contribution is -0.0982. The normalized spacial score (nSPS) is 12.7. The van der Waals surface area contributed by atoms with Gasteiger partial charge in [0.05, 0.1) is 11.2 Å². The zero-order chi connectivity index (χ0) is 14.1. The maximum absolute atomic E-state index is 10.1. The molecule has 0 aliphatic carbocycles. The zero-order valence-electron chi connectivity index (χ0n) is 11.4. The van der Waals surface area contributed by atoms with Gasteiger partial charge in [-0.05, 0) is 56.6 Å². The van der Waals surface area contributed by atoms with Crippen LogP contribution in [0.25, 0.3) is 0 Å². The molecule has 1 aromatic rings. The van der Waals surface area contributed by atoms with Gasteiger partial charge in [0, 0.05) is 11.2 Å². The smallest absolute Gasteiger partial charge is 0.423 e. The molecule has 0 fully saturated rings. The number of halogens is 1. The minimum Gasteiger partial charge on any atom is -0.423 e. The van der Waals surface area contributed by atoms with E-state index in [0.29, 0.717) is 15.8 Å². The third-order valence-electron chi connectivity index (χ3n) is 3.24. The highest BCUT2D eigenvalue weighted by atomic mass is 79.9. The molecule has 1 aromatic heterocycles. The number of rotatable bonds is 4. The molecule has 0 aliphatic heterocycles. The van der Waals surface area contributed by atoms with Crippen LogP contribution in [0.4, 0.5) is 0 Å². The predicted octanol–water partition coefficient (Wildman–Crippen LogP) is 1.41. The van der Waals surface area contributed by atoms with Gasteiger partial charge in [-0.25, -0.2) is 4.98 Å². The molecular weight excluding hydrogens is 297 g/mol. The Morgan fingerprint density at radius 3 is 2.28 bits per heavy atom. The number of aromatic nitrogens is 1. The van der Waals surface area contributed by atoms with Crippen LogP contribution in [-0.2, 0) is 4.65 Å². The molecule has 0 saturated carbocycles. The summed E-state index contributed by atoms with van der Waals surface area (Å²) in [5.41, 5.74) is -0.671. The number of aryl methyl sites for hydroxylation is 1. The molecular formula is C12H19BBrNO3. The molecule has 0 amide bonds. The molecule has 2 N–H and O–H groups in total. The minimum absolute atomic E-state index is 0.593. The molecule has 18 heavy (non-hydrogen) atoms. The summed E-state index contributed by atoms with van der Waals surface area (Å²) in [4.78, 5) is 4.20. The summed E-state index contributed by atoms with van der Waals surface area (Å²) in [6, 6.07) is 3.49. The van der Waals surface area contributed by atoms with E-state index in [-0.39, 0.29) is 0 Å². The van der Waals surface area contributed by atoms with E-state index in [4.69, 9.17) is 4.65 Å². The first kappa shape index (κ1) is 15.6. The Labute approximate surface area is 117 Å². The maximum Gasteiger partial charge on any atom is 0.493 e. The second kappa shape index (κ2) is 5.29. The van der Waals surface area contributed by atoms with Gasteiger partial charge in [0.1, 0.15) is 4.60 Å². The summed E-state index contributed by atoms with van der Waals surface area (Å²) in [5.74, 6) is 0. The third kappa shape index (κ3) is 3.54. The van der Waals surface area contributed by atoms with Crippen molar-refractivity contribution in [3.63, 3.8) is 0 Å². The number of hydrogen-bond donors (Lipinski definition) is 2. The predicted molar refractivity (Wildman–Crippen MR) is 75.7 cm³/mol. The largest absolute Gasteiger partial charge is 0.493 e. The minimum atomic E-state index is -1.12. The molecule has 0 aliphatic rings. The monoisotopic (exact) mass is 315 g/mol. The molecule has 1 heterocycles. The van der Waals surface area contributed by atoms with Gasteiger partial charge < -0.3 is 14.8 Å². The van der Waals surface area contributed by atoms with Crippen LogP contribution in [0.15, 0.2) is 16.7 Å². The molecule has 4 nitrogen and oxygen atoms in total. The van der Waals surface area contributed by atoms with E-state index in [9.17, 15) is 10.1 Å². The number of nitrogens with zero attached hydrogens (tertiary/aromatic N) is 1. The van der Waals surface area contributed by atoms with Gasteiger partial charge in [-0.3, -0.25) is 0 Å². The lowest BCUT2D eigenvalue weighted by Gasteiger charge is -2.38. The number of pyridine rings is 1. The Balaban J connectivity index is 2.92. The summed E-state index contributed by atoms with van der Waals surface area (Å²) >= 11 is 3.26. The van der Waals surface area contributed by atoms with Gasteiger partial charge in [-0.15, -0.1) is 0 Å². The van der Waals surface area contributed by atoms with Crippen molar-refractivity contribution in [1.29, 1.82) is 0 Å². The van der Waals surface area contributed by atoms with E-state index in [1.807, 2.05) is 0 Å². The maximum atomic E-state index is 10.1. The van der Waals surface area contributed by atoms with Crippen molar-refractivity contribution in [1.82, 2.24) is 4.98 Å². The van der Waals surface area contributed by atoms with Crippen molar-refractivity contribution in [2.24, 2.45) is 0 Å². The van der Waals surface area contributed by atoms with Gasteiger partial charge in [0.25, 0.3) is 0 Å². The van der Waals surface area contributed by atoms with Gasteiger partial charge >= 0.3 is 7.12 Å². The van der Waals surface area contributed by atoms with Crippen LogP contribution in [0.2, 0.25) is 0 Å². The van der Waals surface area contributed by atoms with Crippen molar-refractivity contribution in [3.05, 3.63) is 22.4 Å². The highest BCUT2D eigenvalue weighted by Gasteiger charge is 2.39. The van der Waals surface area contributed by atoms with Crippen molar-refractivity contribution in [2.75, 3.05) is 0 Å². The fourth-order valence-corrected chi connectivity index (χ4v) is 1.69. The summed E-state index contributed by atoms with van der Waals surface area (Å²) < 4.78 is 6.27. The Bertz CT molecular complexity index is 432. The molecule has 1 rings (SSSR count). The van der Waals surface area contributed by atoms with Crippen LogP contribution in [-0.4, -0.2) is 33.4 Å². The first-order valence-electron chi connectivity index (χ1n) is 5.76. The van der Waals surface area contributed by atoms with Crippen LogP contribution in [0, 0.1) is 6.92 Å². The van der Waals surface area contributed by atoms with E-state index in [1.54, 1.807) is 46.8 Å². The highest BCUT2D eigenvalue weighted by molar-refractivity contribution is 9.10. The van der Waals surface area contributed by atoms with Crippen LogP contribution in [0.1, 0.15) is 33.4 Å². The van der Waals surface area contributed by atoms with Crippen LogP contribution in [0.5, 0.6) is 0 Å². The summed E-state index contributed by atoms with van der Waals surface area (Å²) in [5, 5.41) is 20.1. The standard InChI is InChI=1S/C12H19BBrNO3/c1-8-9(6-7-10(14)15-8)13(17)18-12(4,5)11(2,3)16/h6-7,16-17H,1-5H3. The molecule has 0 atom stereocenters. The molecule has 0 unspecified atom stereocenters. The van der Waals surface area contributed by atoms with E-state index in [1.165, 1.54) is 0 Å². The summed E-state index contributed by atoms with van der Waals surface area (Å²) in [7, 11) is -1.12. The van der Waals surface area contributed by atoms with E-state index in [2.05, 4.69) is 20.9 Å². The van der Waals surface area contributed by atoms with Crippen LogP contribution < -0.4 is 5.46 Å². The van der Waals surface area contributed by atoms with Crippen molar-refractivity contribution >= 4 is 28.5 Å². The first-order chi connectivity index (χ1) is 8.04. The lowest BCUT2D eigenvalue weighted by Crippen LogP contribution is -2.53. The number of hydrogen-bond acceptors (Lipinski definition) is 4. The van der Waals surface area contributed by atoms with E-state index >= 15 is 0 Å². The zero-order valence-corrected chi connectivity index (χ0v) is 12.9. The topological polar surface area (TPSA) is 62.6 Å². The molecule has 0 saturated heterocycles. The SMILES string of the molecule is Cc1nc(Br)ccc1B(O)OC(C)(C)C(C)(C)O. The Hall–Kier alpha value is -0.425.